The first-order chi connectivity index (χ1) is 10.9. The molecule has 23 heavy (non-hydrogen) atoms. The molecule has 1 aromatic carbocycles. The molecule has 1 aromatic heterocycles. The molecule has 1 amide bonds. The van der Waals surface area contributed by atoms with E-state index >= 15 is 0 Å². The molecular formula is C17H23N3O3. The van der Waals surface area contributed by atoms with Gasteiger partial charge in [-0.05, 0) is 17.5 Å². The summed E-state index contributed by atoms with van der Waals surface area (Å²) in [7, 11) is 0. The van der Waals surface area contributed by atoms with Crippen LogP contribution in [0.5, 0.6) is 0 Å². The zero-order valence-corrected chi connectivity index (χ0v) is 13.4. The highest BCUT2D eigenvalue weighted by Gasteiger charge is 2.26. The van der Waals surface area contributed by atoms with E-state index in [2.05, 4.69) is 10.3 Å². The quantitative estimate of drug-likeness (QED) is 0.622. The number of carboxylic acid groups (broad SMARTS) is 1. The lowest BCUT2D eigenvalue weighted by Crippen LogP contribution is -2.51. The maximum Gasteiger partial charge on any atom is 0.326 e. The number of amides is 1. The van der Waals surface area contributed by atoms with Crippen molar-refractivity contribution in [1.82, 2.24) is 10.3 Å². The standard InChI is InChI=1S/C17H23N3O3/c1-3-10(2)15(18)16(21)20-14(17(22)23)8-11-9-19-13-7-5-4-6-12(11)13/h4-7,9-10,14-15,19H,3,8,18H2,1-2H3,(H,20,21)(H,22,23)/t10?,14-,15?/m0/s1. The van der Waals surface area contributed by atoms with Crippen LogP contribution < -0.4 is 11.1 Å². The van der Waals surface area contributed by atoms with E-state index in [9.17, 15) is 14.7 Å². The summed E-state index contributed by atoms with van der Waals surface area (Å²) in [5, 5.41) is 12.9. The van der Waals surface area contributed by atoms with Gasteiger partial charge in [-0.2, -0.15) is 0 Å². The van der Waals surface area contributed by atoms with E-state index in [1.165, 1.54) is 0 Å². The summed E-state index contributed by atoms with van der Waals surface area (Å²) in [6.45, 7) is 3.82. The van der Waals surface area contributed by atoms with Crippen molar-refractivity contribution in [3.05, 3.63) is 36.0 Å². The molecule has 0 radical (unpaired) electrons. The summed E-state index contributed by atoms with van der Waals surface area (Å²) < 4.78 is 0. The Labute approximate surface area is 135 Å². The van der Waals surface area contributed by atoms with Crippen molar-refractivity contribution in [2.24, 2.45) is 11.7 Å². The normalized spacial score (nSPS) is 15.1. The summed E-state index contributed by atoms with van der Waals surface area (Å²) in [6.07, 6.45) is 2.74. The lowest BCUT2D eigenvalue weighted by molar-refractivity contribution is -0.142. The molecular weight excluding hydrogens is 294 g/mol. The van der Waals surface area contributed by atoms with E-state index in [1.54, 1.807) is 6.20 Å². The van der Waals surface area contributed by atoms with Crippen LogP contribution >= 0.6 is 0 Å². The van der Waals surface area contributed by atoms with Gasteiger partial charge in [0.15, 0.2) is 0 Å². The molecule has 0 aliphatic carbocycles. The molecule has 0 bridgehead atoms. The number of rotatable bonds is 7. The molecule has 0 saturated heterocycles. The van der Waals surface area contributed by atoms with Gasteiger partial charge in [0.1, 0.15) is 6.04 Å². The fourth-order valence-corrected chi connectivity index (χ4v) is 2.50. The molecule has 0 spiro atoms. The minimum atomic E-state index is -1.07. The summed E-state index contributed by atoms with van der Waals surface area (Å²) in [6, 6.07) is 5.94. The fraction of sp³-hybridized carbons (Fsp3) is 0.412. The van der Waals surface area contributed by atoms with Crippen molar-refractivity contribution in [2.45, 2.75) is 38.8 Å². The molecule has 0 fully saturated rings. The third-order valence-electron chi connectivity index (χ3n) is 4.27. The molecule has 5 N–H and O–H groups in total. The maximum absolute atomic E-state index is 12.1. The minimum Gasteiger partial charge on any atom is -0.480 e. The van der Waals surface area contributed by atoms with Gasteiger partial charge in [-0.3, -0.25) is 4.79 Å². The third kappa shape index (κ3) is 3.90. The van der Waals surface area contributed by atoms with Gasteiger partial charge in [-0.25, -0.2) is 4.79 Å². The number of carbonyl (C=O) groups is 2. The van der Waals surface area contributed by atoms with Crippen molar-refractivity contribution in [3.63, 3.8) is 0 Å². The van der Waals surface area contributed by atoms with Crippen LogP contribution in [-0.2, 0) is 16.0 Å². The Morgan fingerprint density at radius 2 is 2.04 bits per heavy atom. The molecule has 0 saturated carbocycles. The molecule has 124 valence electrons. The van der Waals surface area contributed by atoms with Gasteiger partial charge in [0.05, 0.1) is 6.04 Å². The van der Waals surface area contributed by atoms with E-state index in [-0.39, 0.29) is 12.3 Å². The number of carbonyl (C=O) groups excluding carboxylic acids is 1. The predicted molar refractivity (Wildman–Crippen MR) is 89.0 cm³/mol. The highest BCUT2D eigenvalue weighted by Crippen LogP contribution is 2.19. The number of para-hydroxylation sites is 1. The van der Waals surface area contributed by atoms with Gasteiger partial charge in [-0.1, -0.05) is 38.5 Å². The number of hydrogen-bond acceptors (Lipinski definition) is 3. The van der Waals surface area contributed by atoms with Crippen molar-refractivity contribution in [3.8, 4) is 0 Å². The first kappa shape index (κ1) is 17.0. The van der Waals surface area contributed by atoms with Crippen LogP contribution in [0.2, 0.25) is 0 Å². The van der Waals surface area contributed by atoms with Crippen LogP contribution in [0.3, 0.4) is 0 Å². The monoisotopic (exact) mass is 317 g/mol. The fourth-order valence-electron chi connectivity index (χ4n) is 2.50. The van der Waals surface area contributed by atoms with Crippen molar-refractivity contribution >= 4 is 22.8 Å². The Morgan fingerprint density at radius 3 is 2.70 bits per heavy atom. The van der Waals surface area contributed by atoms with Crippen molar-refractivity contribution < 1.29 is 14.7 Å². The SMILES string of the molecule is CCC(C)C(N)C(=O)N[C@@H](Cc1c[nH]c2ccccc12)C(=O)O. The largest absolute Gasteiger partial charge is 0.480 e. The number of H-pyrrole nitrogens is 1. The minimum absolute atomic E-state index is 0.00228. The second-order valence-electron chi connectivity index (χ2n) is 5.87. The van der Waals surface area contributed by atoms with Crippen LogP contribution in [0.1, 0.15) is 25.8 Å². The number of aromatic amines is 1. The predicted octanol–water partition coefficient (Wildman–Crippen LogP) is 1.65. The number of aromatic nitrogens is 1. The van der Waals surface area contributed by atoms with Crippen LogP contribution in [0.15, 0.2) is 30.5 Å². The van der Waals surface area contributed by atoms with Crippen LogP contribution in [0, 0.1) is 5.92 Å². The zero-order valence-electron chi connectivity index (χ0n) is 13.4. The van der Waals surface area contributed by atoms with E-state index in [0.29, 0.717) is 0 Å². The lowest BCUT2D eigenvalue weighted by Gasteiger charge is -2.21. The molecule has 3 atom stereocenters. The highest BCUT2D eigenvalue weighted by molar-refractivity contribution is 5.88. The molecule has 2 rings (SSSR count). The number of nitrogens with two attached hydrogens (primary N) is 1. The lowest BCUT2D eigenvalue weighted by atomic mass is 9.98. The molecule has 6 nitrogen and oxygen atoms in total. The van der Waals surface area contributed by atoms with Gasteiger partial charge in [-0.15, -0.1) is 0 Å². The Kier molecular flexibility index (Phi) is 5.39. The Hall–Kier alpha value is -2.34. The molecule has 0 aliphatic rings. The van der Waals surface area contributed by atoms with E-state index in [1.807, 2.05) is 38.1 Å². The van der Waals surface area contributed by atoms with Gasteiger partial charge in [0, 0.05) is 23.5 Å². The molecule has 0 aliphatic heterocycles. The number of benzene rings is 1. The van der Waals surface area contributed by atoms with Gasteiger partial charge >= 0.3 is 5.97 Å². The van der Waals surface area contributed by atoms with Gasteiger partial charge in [0.2, 0.25) is 5.91 Å². The summed E-state index contributed by atoms with van der Waals surface area (Å²) in [5.41, 5.74) is 7.66. The first-order valence-electron chi connectivity index (χ1n) is 7.77. The third-order valence-corrected chi connectivity index (χ3v) is 4.27. The summed E-state index contributed by atoms with van der Waals surface area (Å²) in [4.78, 5) is 26.7. The number of hydrogen-bond donors (Lipinski definition) is 4. The Morgan fingerprint density at radius 1 is 1.35 bits per heavy atom. The number of fused-ring (bicyclic) bond motifs is 1. The van der Waals surface area contributed by atoms with Crippen LogP contribution in [0.4, 0.5) is 0 Å². The van der Waals surface area contributed by atoms with E-state index in [4.69, 9.17) is 5.73 Å². The van der Waals surface area contributed by atoms with E-state index in [0.717, 1.165) is 22.9 Å². The first-order valence-corrected chi connectivity index (χ1v) is 7.77. The number of nitrogens with one attached hydrogen (secondary N) is 2. The molecule has 6 heteroatoms. The van der Waals surface area contributed by atoms with Gasteiger partial charge < -0.3 is 21.1 Å². The molecule has 2 unspecified atom stereocenters. The Bertz CT molecular complexity index is 695. The summed E-state index contributed by atoms with van der Waals surface area (Å²) in [5.74, 6) is -1.50. The topological polar surface area (TPSA) is 108 Å². The average Bonchev–Trinajstić information content (AvgIpc) is 2.95. The summed E-state index contributed by atoms with van der Waals surface area (Å²) >= 11 is 0. The maximum atomic E-state index is 12.1. The second kappa shape index (κ2) is 7.28. The van der Waals surface area contributed by atoms with Crippen molar-refractivity contribution in [2.75, 3.05) is 0 Å². The molecule has 2 aromatic rings. The van der Waals surface area contributed by atoms with Crippen LogP contribution in [0.25, 0.3) is 10.9 Å². The zero-order chi connectivity index (χ0) is 17.0. The highest BCUT2D eigenvalue weighted by atomic mass is 16.4. The molecule has 1 heterocycles. The number of carboxylic acids is 1. The average molecular weight is 317 g/mol. The second-order valence-corrected chi connectivity index (χ2v) is 5.87. The van der Waals surface area contributed by atoms with E-state index < -0.39 is 24.0 Å². The Balaban J connectivity index is 2.13. The van der Waals surface area contributed by atoms with Crippen LogP contribution in [-0.4, -0.2) is 34.1 Å². The van der Waals surface area contributed by atoms with Crippen molar-refractivity contribution in [1.29, 1.82) is 0 Å². The number of aliphatic carboxylic acids is 1. The smallest absolute Gasteiger partial charge is 0.326 e. The van der Waals surface area contributed by atoms with Gasteiger partial charge in [0.25, 0.3) is 0 Å².